The third-order valence-corrected chi connectivity index (χ3v) is 4.83. The number of rotatable bonds is 2. The molecule has 1 aromatic rings. The molecule has 2 aliphatic heterocycles. The monoisotopic (exact) mass is 287 g/mol. The van der Waals surface area contributed by atoms with Gasteiger partial charge in [0.2, 0.25) is 5.91 Å². The summed E-state index contributed by atoms with van der Waals surface area (Å²) in [7, 11) is 0. The van der Waals surface area contributed by atoms with Gasteiger partial charge in [0, 0.05) is 17.7 Å². The number of hydrogen-bond donors (Lipinski definition) is 1. The van der Waals surface area contributed by atoms with E-state index in [2.05, 4.69) is 12.2 Å². The largest absolute Gasteiger partial charge is 0.374 e. The second-order valence-corrected chi connectivity index (χ2v) is 6.22. The molecule has 3 rings (SSSR count). The molecule has 2 heterocycles. The Bertz CT molecular complexity index is 596. The zero-order valence-corrected chi connectivity index (χ0v) is 12.7. The molecule has 0 saturated carbocycles. The molecule has 4 heteroatoms. The van der Waals surface area contributed by atoms with Crippen molar-refractivity contribution in [2.24, 2.45) is 11.8 Å². The first-order valence-corrected chi connectivity index (χ1v) is 7.60. The summed E-state index contributed by atoms with van der Waals surface area (Å²) in [5.74, 6) is 0.334. The summed E-state index contributed by atoms with van der Waals surface area (Å²) >= 11 is 0. The number of carbonyl (C=O) groups excluding carboxylic acids is 2. The van der Waals surface area contributed by atoms with E-state index in [0.29, 0.717) is 12.8 Å². The zero-order valence-electron chi connectivity index (χ0n) is 12.7. The standard InChI is InChI=1S/C17H21NO3/c1-9-10(2)21-11(3)16(9)17(20)13-4-6-14-12(8-13)5-7-15(19)18-14/h4,6,8-11,16H,5,7H2,1-3H3,(H,18,19). The molecule has 112 valence electrons. The minimum absolute atomic E-state index is 0.0433. The van der Waals surface area contributed by atoms with Crippen LogP contribution < -0.4 is 5.32 Å². The van der Waals surface area contributed by atoms with Gasteiger partial charge in [-0.25, -0.2) is 0 Å². The first kappa shape index (κ1) is 14.3. The van der Waals surface area contributed by atoms with E-state index in [1.807, 2.05) is 32.0 Å². The molecular weight excluding hydrogens is 266 g/mol. The lowest BCUT2D eigenvalue weighted by Crippen LogP contribution is -2.27. The lowest BCUT2D eigenvalue weighted by atomic mass is 9.83. The number of ketones is 1. The predicted molar refractivity (Wildman–Crippen MR) is 80.4 cm³/mol. The third-order valence-electron chi connectivity index (χ3n) is 4.83. The minimum Gasteiger partial charge on any atom is -0.374 e. The summed E-state index contributed by atoms with van der Waals surface area (Å²) < 4.78 is 5.78. The van der Waals surface area contributed by atoms with E-state index in [-0.39, 0.29) is 35.7 Å². The molecule has 1 N–H and O–H groups in total. The number of Topliss-reactive ketones (excluding diaryl/α,β-unsaturated/α-hetero) is 1. The van der Waals surface area contributed by atoms with Gasteiger partial charge >= 0.3 is 0 Å². The average molecular weight is 287 g/mol. The van der Waals surface area contributed by atoms with Crippen LogP contribution in [0.25, 0.3) is 0 Å². The summed E-state index contributed by atoms with van der Waals surface area (Å²) in [6.45, 7) is 6.08. The van der Waals surface area contributed by atoms with Crippen molar-refractivity contribution in [3.8, 4) is 0 Å². The molecule has 0 radical (unpaired) electrons. The second kappa shape index (κ2) is 5.26. The molecule has 0 bridgehead atoms. The van der Waals surface area contributed by atoms with Gasteiger partial charge in [-0.2, -0.15) is 0 Å². The van der Waals surface area contributed by atoms with Crippen LogP contribution in [0.5, 0.6) is 0 Å². The van der Waals surface area contributed by atoms with E-state index >= 15 is 0 Å². The van der Waals surface area contributed by atoms with E-state index < -0.39 is 0 Å². The van der Waals surface area contributed by atoms with Crippen LogP contribution in [0.1, 0.15) is 43.1 Å². The van der Waals surface area contributed by atoms with Gasteiger partial charge in [-0.3, -0.25) is 9.59 Å². The molecule has 0 aromatic heterocycles. The normalized spacial score (nSPS) is 31.7. The van der Waals surface area contributed by atoms with Gasteiger partial charge in [-0.05, 0) is 49.9 Å². The maximum atomic E-state index is 12.8. The summed E-state index contributed by atoms with van der Waals surface area (Å²) in [4.78, 5) is 24.2. The summed E-state index contributed by atoms with van der Waals surface area (Å²) in [6.07, 6.45) is 1.26. The smallest absolute Gasteiger partial charge is 0.224 e. The third kappa shape index (κ3) is 2.48. The molecule has 4 atom stereocenters. The number of nitrogens with one attached hydrogen (secondary N) is 1. The van der Waals surface area contributed by atoms with Gasteiger partial charge in [-0.15, -0.1) is 0 Å². The van der Waals surface area contributed by atoms with Crippen molar-refractivity contribution in [1.29, 1.82) is 0 Å². The Morgan fingerprint density at radius 3 is 2.62 bits per heavy atom. The first-order chi connectivity index (χ1) is 9.97. The van der Waals surface area contributed by atoms with Crippen LogP contribution in [0.2, 0.25) is 0 Å². The summed E-state index contributed by atoms with van der Waals surface area (Å²) in [5.41, 5.74) is 2.61. The van der Waals surface area contributed by atoms with E-state index in [4.69, 9.17) is 4.74 Å². The van der Waals surface area contributed by atoms with Gasteiger partial charge in [0.25, 0.3) is 0 Å². The Hall–Kier alpha value is -1.68. The Morgan fingerprint density at radius 1 is 1.19 bits per heavy atom. The van der Waals surface area contributed by atoms with E-state index in [1.165, 1.54) is 0 Å². The van der Waals surface area contributed by atoms with E-state index in [9.17, 15) is 9.59 Å². The summed E-state index contributed by atoms with van der Waals surface area (Å²) in [6, 6.07) is 5.59. The van der Waals surface area contributed by atoms with Crippen LogP contribution in [0.15, 0.2) is 18.2 Å². The molecule has 1 aromatic carbocycles. The van der Waals surface area contributed by atoms with Crippen molar-refractivity contribution >= 4 is 17.4 Å². The number of benzene rings is 1. The summed E-state index contributed by atoms with van der Waals surface area (Å²) in [5, 5.41) is 2.85. The fourth-order valence-electron chi connectivity index (χ4n) is 3.45. The van der Waals surface area contributed by atoms with Crippen molar-refractivity contribution in [2.75, 3.05) is 5.32 Å². The van der Waals surface area contributed by atoms with Crippen LogP contribution in [0.4, 0.5) is 5.69 Å². The molecule has 1 amide bonds. The number of aryl methyl sites for hydroxylation is 1. The van der Waals surface area contributed by atoms with Crippen molar-refractivity contribution < 1.29 is 14.3 Å². The minimum atomic E-state index is -0.0868. The number of amides is 1. The van der Waals surface area contributed by atoms with Crippen LogP contribution in [0.3, 0.4) is 0 Å². The molecule has 2 aliphatic rings. The zero-order chi connectivity index (χ0) is 15.1. The number of carbonyl (C=O) groups is 2. The molecule has 4 nitrogen and oxygen atoms in total. The molecule has 1 saturated heterocycles. The van der Waals surface area contributed by atoms with Crippen molar-refractivity contribution in [3.05, 3.63) is 29.3 Å². The van der Waals surface area contributed by atoms with Gasteiger partial charge in [0.1, 0.15) is 0 Å². The topological polar surface area (TPSA) is 55.4 Å². The van der Waals surface area contributed by atoms with Crippen molar-refractivity contribution in [2.45, 2.75) is 45.8 Å². The highest BCUT2D eigenvalue weighted by atomic mass is 16.5. The number of fused-ring (bicyclic) bond motifs is 1. The van der Waals surface area contributed by atoms with Gasteiger partial charge < -0.3 is 10.1 Å². The molecule has 1 fully saturated rings. The SMILES string of the molecule is CC1OC(C)C(C(=O)c2ccc3c(c2)CCC(=O)N3)C1C. The van der Waals surface area contributed by atoms with E-state index in [0.717, 1.165) is 16.8 Å². The van der Waals surface area contributed by atoms with Crippen molar-refractivity contribution in [1.82, 2.24) is 0 Å². The maximum Gasteiger partial charge on any atom is 0.224 e. The Balaban J connectivity index is 1.87. The van der Waals surface area contributed by atoms with Crippen molar-refractivity contribution in [3.63, 3.8) is 0 Å². The lowest BCUT2D eigenvalue weighted by molar-refractivity contribution is -0.116. The molecular formula is C17H21NO3. The van der Waals surface area contributed by atoms with Gasteiger partial charge in [0.05, 0.1) is 18.1 Å². The van der Waals surface area contributed by atoms with Crippen LogP contribution >= 0.6 is 0 Å². The van der Waals surface area contributed by atoms with Crippen LogP contribution in [-0.4, -0.2) is 23.9 Å². The van der Waals surface area contributed by atoms with E-state index in [1.54, 1.807) is 0 Å². The molecule has 4 unspecified atom stereocenters. The predicted octanol–water partition coefficient (Wildman–Crippen LogP) is 2.81. The van der Waals surface area contributed by atoms with Gasteiger partial charge in [0.15, 0.2) is 5.78 Å². The Kier molecular flexibility index (Phi) is 3.57. The average Bonchev–Trinajstić information content (AvgIpc) is 2.71. The second-order valence-electron chi connectivity index (χ2n) is 6.22. The number of hydrogen-bond acceptors (Lipinski definition) is 3. The first-order valence-electron chi connectivity index (χ1n) is 7.60. The highest BCUT2D eigenvalue weighted by Crippen LogP contribution is 2.35. The molecule has 21 heavy (non-hydrogen) atoms. The maximum absolute atomic E-state index is 12.8. The fraction of sp³-hybridized carbons (Fsp3) is 0.529. The quantitative estimate of drug-likeness (QED) is 0.851. The number of ether oxygens (including phenoxy) is 1. The molecule has 0 aliphatic carbocycles. The fourth-order valence-corrected chi connectivity index (χ4v) is 3.45. The molecule has 0 spiro atoms. The Labute approximate surface area is 124 Å². The van der Waals surface area contributed by atoms with Gasteiger partial charge in [-0.1, -0.05) is 6.92 Å². The van der Waals surface area contributed by atoms with Crippen LogP contribution in [-0.2, 0) is 16.0 Å². The van der Waals surface area contributed by atoms with Crippen LogP contribution in [0, 0.1) is 11.8 Å². The highest BCUT2D eigenvalue weighted by Gasteiger charge is 2.41. The number of anilines is 1. The lowest BCUT2D eigenvalue weighted by Gasteiger charge is -2.20. The Morgan fingerprint density at radius 2 is 1.95 bits per heavy atom. The highest BCUT2D eigenvalue weighted by molar-refractivity contribution is 6.00.